The van der Waals surface area contributed by atoms with Crippen LogP contribution >= 0.6 is 0 Å². The Morgan fingerprint density at radius 2 is 2.30 bits per heavy atom. The molecule has 7 heteroatoms. The van der Waals surface area contributed by atoms with Crippen LogP contribution in [0.3, 0.4) is 0 Å². The molecule has 0 bridgehead atoms. The summed E-state index contributed by atoms with van der Waals surface area (Å²) >= 11 is 0. The van der Waals surface area contributed by atoms with Crippen molar-refractivity contribution >= 4 is 17.3 Å². The first-order valence-corrected chi connectivity index (χ1v) is 6.54. The van der Waals surface area contributed by atoms with Gasteiger partial charge in [-0.05, 0) is 18.1 Å². The molecule has 0 unspecified atom stereocenters. The normalized spacial score (nSPS) is 16.4. The molecule has 2 N–H and O–H groups in total. The molecule has 2 rings (SSSR count). The van der Waals surface area contributed by atoms with E-state index < -0.39 is 4.92 Å². The van der Waals surface area contributed by atoms with Crippen LogP contribution in [0.15, 0.2) is 18.2 Å². The Hall–Kier alpha value is -2.15. The summed E-state index contributed by atoms with van der Waals surface area (Å²) in [5.41, 5.74) is 1.75. The highest BCUT2D eigenvalue weighted by atomic mass is 16.6. The van der Waals surface area contributed by atoms with E-state index >= 15 is 0 Å². The van der Waals surface area contributed by atoms with Crippen molar-refractivity contribution in [2.75, 3.05) is 32.0 Å². The Kier molecular flexibility index (Phi) is 4.52. The Balaban J connectivity index is 2.19. The second kappa shape index (κ2) is 6.33. The second-order valence-corrected chi connectivity index (χ2v) is 4.76. The van der Waals surface area contributed by atoms with E-state index in [-0.39, 0.29) is 11.6 Å². The topological polar surface area (TPSA) is 87.5 Å². The number of non-ortho nitro benzene ring substituents is 1. The number of hydrogen-bond acceptors (Lipinski definition) is 5. The quantitative estimate of drug-likeness (QED) is 0.632. The van der Waals surface area contributed by atoms with Gasteiger partial charge in [-0.1, -0.05) is 0 Å². The lowest BCUT2D eigenvalue weighted by Gasteiger charge is -2.20. The Morgan fingerprint density at radius 3 is 3.00 bits per heavy atom. The van der Waals surface area contributed by atoms with Crippen LogP contribution in [0.1, 0.15) is 12.0 Å². The maximum Gasteiger partial charge on any atom is 0.269 e. The zero-order valence-corrected chi connectivity index (χ0v) is 11.4. The first kappa shape index (κ1) is 14.3. The largest absolute Gasteiger partial charge is 0.388 e. The van der Waals surface area contributed by atoms with Crippen molar-refractivity contribution in [3.8, 4) is 0 Å². The van der Waals surface area contributed by atoms with Gasteiger partial charge in [0.15, 0.2) is 0 Å². The van der Waals surface area contributed by atoms with Gasteiger partial charge in [-0.25, -0.2) is 0 Å². The fourth-order valence-corrected chi connectivity index (χ4v) is 2.31. The lowest BCUT2D eigenvalue weighted by Crippen LogP contribution is -2.32. The Bertz CT molecular complexity index is 518. The number of nitro groups is 1. The lowest BCUT2D eigenvalue weighted by molar-refractivity contribution is -0.384. The summed E-state index contributed by atoms with van der Waals surface area (Å²) in [6.07, 6.45) is 0.884. The Labute approximate surface area is 117 Å². The third kappa shape index (κ3) is 3.45. The lowest BCUT2D eigenvalue weighted by atomic mass is 10.1. The monoisotopic (exact) mass is 278 g/mol. The van der Waals surface area contributed by atoms with Gasteiger partial charge in [0.2, 0.25) is 5.91 Å². The molecule has 1 aliphatic rings. The standard InChI is InChI=1S/C13H18N4O3/c1-14-12-4-3-11(17(19)20)7-10(12)8-16-6-2-5-15-13(18)9-16/h3-4,7,14H,2,5-6,8-9H2,1H3,(H,15,18). The minimum Gasteiger partial charge on any atom is -0.388 e. The first-order valence-electron chi connectivity index (χ1n) is 6.54. The molecule has 108 valence electrons. The fraction of sp³-hybridized carbons (Fsp3) is 0.462. The minimum atomic E-state index is -0.405. The van der Waals surface area contributed by atoms with Crippen molar-refractivity contribution in [2.24, 2.45) is 0 Å². The highest BCUT2D eigenvalue weighted by Gasteiger charge is 2.17. The molecule has 0 atom stereocenters. The molecule has 0 aliphatic carbocycles. The number of anilines is 1. The molecule has 0 spiro atoms. The average molecular weight is 278 g/mol. The number of rotatable bonds is 4. The summed E-state index contributed by atoms with van der Waals surface area (Å²) in [6, 6.07) is 4.74. The molecule has 1 saturated heterocycles. The van der Waals surface area contributed by atoms with Crippen LogP contribution in [0.25, 0.3) is 0 Å². The van der Waals surface area contributed by atoms with Gasteiger partial charge < -0.3 is 10.6 Å². The number of nitrogens with one attached hydrogen (secondary N) is 2. The summed E-state index contributed by atoms with van der Waals surface area (Å²) in [4.78, 5) is 24.0. The number of carbonyl (C=O) groups excluding carboxylic acids is 1. The molecular formula is C13H18N4O3. The van der Waals surface area contributed by atoms with Gasteiger partial charge in [0.25, 0.3) is 5.69 Å². The summed E-state index contributed by atoms with van der Waals surface area (Å²) < 4.78 is 0. The minimum absolute atomic E-state index is 0.000983. The summed E-state index contributed by atoms with van der Waals surface area (Å²) in [6.45, 7) is 2.32. The van der Waals surface area contributed by atoms with E-state index in [1.807, 2.05) is 4.90 Å². The first-order chi connectivity index (χ1) is 9.60. The zero-order chi connectivity index (χ0) is 14.5. The molecular weight excluding hydrogens is 260 g/mol. The van der Waals surface area contributed by atoms with Crippen LogP contribution in [0.2, 0.25) is 0 Å². The van der Waals surface area contributed by atoms with E-state index in [4.69, 9.17) is 0 Å². The van der Waals surface area contributed by atoms with E-state index in [1.54, 1.807) is 19.2 Å². The van der Waals surface area contributed by atoms with Gasteiger partial charge in [-0.15, -0.1) is 0 Å². The van der Waals surface area contributed by atoms with Crippen LogP contribution in [-0.4, -0.2) is 42.4 Å². The molecule has 20 heavy (non-hydrogen) atoms. The van der Waals surface area contributed by atoms with E-state index in [2.05, 4.69) is 10.6 Å². The van der Waals surface area contributed by atoms with Crippen molar-refractivity contribution in [1.29, 1.82) is 0 Å². The maximum atomic E-state index is 11.5. The van der Waals surface area contributed by atoms with Gasteiger partial charge in [0.1, 0.15) is 0 Å². The molecule has 1 aromatic carbocycles. The average Bonchev–Trinajstić information content (AvgIpc) is 2.63. The molecule has 1 aromatic rings. The smallest absolute Gasteiger partial charge is 0.269 e. The van der Waals surface area contributed by atoms with Crippen molar-refractivity contribution in [3.05, 3.63) is 33.9 Å². The van der Waals surface area contributed by atoms with E-state index in [9.17, 15) is 14.9 Å². The van der Waals surface area contributed by atoms with Gasteiger partial charge in [-0.3, -0.25) is 19.8 Å². The highest BCUT2D eigenvalue weighted by molar-refractivity contribution is 5.78. The van der Waals surface area contributed by atoms with E-state index in [0.717, 1.165) is 24.2 Å². The molecule has 1 heterocycles. The van der Waals surface area contributed by atoms with Crippen LogP contribution in [0, 0.1) is 10.1 Å². The summed E-state index contributed by atoms with van der Waals surface area (Å²) in [5, 5.41) is 16.7. The van der Waals surface area contributed by atoms with Crippen molar-refractivity contribution in [3.63, 3.8) is 0 Å². The molecule has 7 nitrogen and oxygen atoms in total. The number of amides is 1. The molecule has 1 aliphatic heterocycles. The Morgan fingerprint density at radius 1 is 1.50 bits per heavy atom. The van der Waals surface area contributed by atoms with Crippen molar-refractivity contribution in [1.82, 2.24) is 10.2 Å². The van der Waals surface area contributed by atoms with Gasteiger partial charge in [-0.2, -0.15) is 0 Å². The van der Waals surface area contributed by atoms with E-state index in [0.29, 0.717) is 19.6 Å². The third-order valence-electron chi connectivity index (χ3n) is 3.30. The molecule has 0 aromatic heterocycles. The van der Waals surface area contributed by atoms with Crippen LogP contribution in [0.5, 0.6) is 0 Å². The fourth-order valence-electron chi connectivity index (χ4n) is 2.31. The number of nitro benzene ring substituents is 1. The number of hydrogen-bond donors (Lipinski definition) is 2. The molecule has 1 fully saturated rings. The SMILES string of the molecule is CNc1ccc([N+](=O)[O-])cc1CN1CCCNC(=O)C1. The van der Waals surface area contributed by atoms with Gasteiger partial charge in [0.05, 0.1) is 11.5 Å². The van der Waals surface area contributed by atoms with Crippen LogP contribution < -0.4 is 10.6 Å². The predicted octanol–water partition coefficient (Wildman–Crippen LogP) is 0.958. The van der Waals surface area contributed by atoms with E-state index in [1.165, 1.54) is 6.07 Å². The van der Waals surface area contributed by atoms with Crippen LogP contribution in [-0.2, 0) is 11.3 Å². The van der Waals surface area contributed by atoms with Crippen molar-refractivity contribution < 1.29 is 9.72 Å². The van der Waals surface area contributed by atoms with Gasteiger partial charge >= 0.3 is 0 Å². The molecule has 0 radical (unpaired) electrons. The summed E-state index contributed by atoms with van der Waals surface area (Å²) in [7, 11) is 1.78. The maximum absolute atomic E-state index is 11.5. The van der Waals surface area contributed by atoms with Gasteiger partial charge in [0, 0.05) is 44.5 Å². The second-order valence-electron chi connectivity index (χ2n) is 4.76. The molecule has 0 saturated carbocycles. The zero-order valence-electron chi connectivity index (χ0n) is 11.4. The molecule has 1 amide bonds. The number of benzene rings is 1. The number of nitrogens with zero attached hydrogens (tertiary/aromatic N) is 2. The van der Waals surface area contributed by atoms with Crippen molar-refractivity contribution in [2.45, 2.75) is 13.0 Å². The third-order valence-corrected chi connectivity index (χ3v) is 3.30. The van der Waals surface area contributed by atoms with Crippen LogP contribution in [0.4, 0.5) is 11.4 Å². The number of carbonyl (C=O) groups is 1. The predicted molar refractivity (Wildman–Crippen MR) is 75.5 cm³/mol. The summed E-state index contributed by atoms with van der Waals surface area (Å²) in [5.74, 6) is -0.000983. The highest BCUT2D eigenvalue weighted by Crippen LogP contribution is 2.23.